The predicted octanol–water partition coefficient (Wildman–Crippen LogP) is 1.39. The van der Waals surface area contributed by atoms with Gasteiger partial charge in [0.1, 0.15) is 12.6 Å². The Morgan fingerprint density at radius 1 is 1.39 bits per heavy atom. The van der Waals surface area contributed by atoms with E-state index in [0.717, 1.165) is 23.5 Å². The molecule has 1 unspecified atom stereocenters. The van der Waals surface area contributed by atoms with E-state index in [4.69, 9.17) is 4.84 Å². The standard InChI is InChI=1S/C17H24N2O4/c1-13(20)11-16(21)19(15-9-5-6-10-18-17(15)22)23-12-14-7-3-2-4-8-14/h2-4,7-8,13,15,20H,5-6,9-12H2,1H3,(H,18,22)/t13-,15?/m0/s1. The van der Waals surface area contributed by atoms with Gasteiger partial charge in [-0.2, -0.15) is 0 Å². The van der Waals surface area contributed by atoms with E-state index in [9.17, 15) is 14.7 Å². The van der Waals surface area contributed by atoms with Crippen molar-refractivity contribution < 1.29 is 19.5 Å². The maximum absolute atomic E-state index is 12.4. The van der Waals surface area contributed by atoms with Crippen LogP contribution in [0.1, 0.15) is 38.2 Å². The minimum Gasteiger partial charge on any atom is -0.393 e. The lowest BCUT2D eigenvalue weighted by atomic mass is 10.1. The average molecular weight is 320 g/mol. The average Bonchev–Trinajstić information content (AvgIpc) is 2.73. The Kier molecular flexibility index (Phi) is 6.55. The summed E-state index contributed by atoms with van der Waals surface area (Å²) in [5.41, 5.74) is 0.913. The maximum Gasteiger partial charge on any atom is 0.249 e. The Morgan fingerprint density at radius 2 is 2.13 bits per heavy atom. The van der Waals surface area contributed by atoms with Crippen molar-refractivity contribution in [1.82, 2.24) is 10.4 Å². The lowest BCUT2D eigenvalue weighted by molar-refractivity contribution is -0.209. The molecule has 1 heterocycles. The summed E-state index contributed by atoms with van der Waals surface area (Å²) in [7, 11) is 0. The zero-order valence-electron chi connectivity index (χ0n) is 13.4. The lowest BCUT2D eigenvalue weighted by Gasteiger charge is -2.29. The minimum atomic E-state index is -0.779. The third-order valence-corrected chi connectivity index (χ3v) is 3.72. The van der Waals surface area contributed by atoms with Crippen LogP contribution in [0.3, 0.4) is 0 Å². The molecule has 1 aliphatic rings. The first-order valence-electron chi connectivity index (χ1n) is 8.02. The van der Waals surface area contributed by atoms with E-state index in [2.05, 4.69) is 5.32 Å². The molecule has 1 aromatic rings. The molecule has 2 N–H and O–H groups in total. The number of nitrogens with zero attached hydrogens (tertiary/aromatic N) is 1. The summed E-state index contributed by atoms with van der Waals surface area (Å²) >= 11 is 0. The van der Waals surface area contributed by atoms with Gasteiger partial charge in [-0.3, -0.25) is 14.4 Å². The highest BCUT2D eigenvalue weighted by Crippen LogP contribution is 2.16. The van der Waals surface area contributed by atoms with E-state index in [-0.39, 0.29) is 24.8 Å². The largest absolute Gasteiger partial charge is 0.393 e. The van der Waals surface area contributed by atoms with E-state index < -0.39 is 12.1 Å². The van der Waals surface area contributed by atoms with Crippen molar-refractivity contribution in [2.75, 3.05) is 6.54 Å². The molecule has 0 aliphatic carbocycles. The molecule has 2 atom stereocenters. The number of aliphatic hydroxyl groups excluding tert-OH is 1. The minimum absolute atomic E-state index is 0.0709. The van der Waals surface area contributed by atoms with Crippen molar-refractivity contribution in [2.24, 2.45) is 0 Å². The second kappa shape index (κ2) is 8.64. The summed E-state index contributed by atoms with van der Waals surface area (Å²) in [5.74, 6) is -0.576. The SMILES string of the molecule is C[C@H](O)CC(=O)N(OCc1ccccc1)C1CCCCNC1=O. The van der Waals surface area contributed by atoms with E-state index >= 15 is 0 Å². The Hall–Kier alpha value is -1.92. The summed E-state index contributed by atoms with van der Waals surface area (Å²) in [5, 5.41) is 13.4. The Bertz CT molecular complexity index is 519. The number of carbonyl (C=O) groups excluding carboxylic acids is 2. The quantitative estimate of drug-likeness (QED) is 0.776. The van der Waals surface area contributed by atoms with Crippen LogP contribution < -0.4 is 5.32 Å². The van der Waals surface area contributed by atoms with Crippen molar-refractivity contribution in [2.45, 2.75) is 51.4 Å². The first-order chi connectivity index (χ1) is 11.1. The van der Waals surface area contributed by atoms with Crippen LogP contribution >= 0.6 is 0 Å². The molecule has 1 fully saturated rings. The summed E-state index contributed by atoms with van der Waals surface area (Å²) in [6.07, 6.45) is 1.44. The zero-order valence-corrected chi connectivity index (χ0v) is 13.4. The maximum atomic E-state index is 12.4. The van der Waals surface area contributed by atoms with Crippen molar-refractivity contribution in [3.8, 4) is 0 Å². The third kappa shape index (κ3) is 5.33. The third-order valence-electron chi connectivity index (χ3n) is 3.72. The number of rotatable bonds is 6. The second-order valence-corrected chi connectivity index (χ2v) is 5.83. The molecule has 0 saturated carbocycles. The van der Waals surface area contributed by atoms with Crippen LogP contribution in [0.25, 0.3) is 0 Å². The van der Waals surface area contributed by atoms with Crippen molar-refractivity contribution in [3.63, 3.8) is 0 Å². The van der Waals surface area contributed by atoms with Gasteiger partial charge in [-0.25, -0.2) is 5.06 Å². The summed E-state index contributed by atoms with van der Waals surface area (Å²) in [6.45, 7) is 2.36. The molecule has 6 heteroatoms. The number of carbonyl (C=O) groups is 2. The monoisotopic (exact) mass is 320 g/mol. The van der Waals surface area contributed by atoms with Gasteiger partial charge in [0.05, 0.1) is 12.5 Å². The molecule has 1 aromatic carbocycles. The highest BCUT2D eigenvalue weighted by molar-refractivity contribution is 5.87. The first-order valence-corrected chi connectivity index (χ1v) is 8.02. The van der Waals surface area contributed by atoms with Gasteiger partial charge in [-0.1, -0.05) is 30.3 Å². The van der Waals surface area contributed by atoms with Gasteiger partial charge in [-0.15, -0.1) is 0 Å². The van der Waals surface area contributed by atoms with Crippen LogP contribution in [0.4, 0.5) is 0 Å². The fourth-order valence-corrected chi connectivity index (χ4v) is 2.54. The molecule has 1 aliphatic heterocycles. The van der Waals surface area contributed by atoms with Gasteiger partial charge >= 0.3 is 0 Å². The van der Waals surface area contributed by atoms with Crippen LogP contribution in [0, 0.1) is 0 Å². The molecule has 126 valence electrons. The molecule has 0 spiro atoms. The lowest BCUT2D eigenvalue weighted by Crippen LogP contribution is -2.49. The van der Waals surface area contributed by atoms with Gasteiger partial charge in [0.2, 0.25) is 11.8 Å². The Morgan fingerprint density at radius 3 is 2.83 bits per heavy atom. The van der Waals surface area contributed by atoms with Crippen molar-refractivity contribution in [3.05, 3.63) is 35.9 Å². The van der Waals surface area contributed by atoms with E-state index in [1.54, 1.807) is 6.92 Å². The van der Waals surface area contributed by atoms with Crippen LogP contribution in [0.2, 0.25) is 0 Å². The molecule has 1 saturated heterocycles. The predicted molar refractivity (Wildman–Crippen MR) is 85.0 cm³/mol. The molecular weight excluding hydrogens is 296 g/mol. The summed E-state index contributed by atoms with van der Waals surface area (Å²) in [4.78, 5) is 30.3. The number of hydrogen-bond donors (Lipinski definition) is 2. The number of hydroxylamine groups is 2. The smallest absolute Gasteiger partial charge is 0.249 e. The fraction of sp³-hybridized carbons (Fsp3) is 0.529. The second-order valence-electron chi connectivity index (χ2n) is 5.83. The van der Waals surface area contributed by atoms with Gasteiger partial charge in [0, 0.05) is 6.54 Å². The Labute approximate surface area is 136 Å². The molecular formula is C17H24N2O4. The summed E-state index contributed by atoms with van der Waals surface area (Å²) < 4.78 is 0. The van der Waals surface area contributed by atoms with Gasteiger partial charge in [0.25, 0.3) is 0 Å². The van der Waals surface area contributed by atoms with Crippen LogP contribution in [-0.2, 0) is 21.0 Å². The molecule has 6 nitrogen and oxygen atoms in total. The highest BCUT2D eigenvalue weighted by Gasteiger charge is 2.32. The first kappa shape index (κ1) is 17.4. The molecule has 0 radical (unpaired) electrons. The molecule has 2 amide bonds. The van der Waals surface area contributed by atoms with Crippen LogP contribution in [0.5, 0.6) is 0 Å². The molecule has 23 heavy (non-hydrogen) atoms. The van der Waals surface area contributed by atoms with Crippen molar-refractivity contribution in [1.29, 1.82) is 0 Å². The van der Waals surface area contributed by atoms with Crippen LogP contribution in [-0.4, -0.2) is 40.7 Å². The number of aliphatic hydroxyl groups is 1. The van der Waals surface area contributed by atoms with Crippen LogP contribution in [0.15, 0.2) is 30.3 Å². The zero-order chi connectivity index (χ0) is 16.7. The molecule has 0 aromatic heterocycles. The normalized spacial score (nSPS) is 19.6. The fourth-order valence-electron chi connectivity index (χ4n) is 2.54. The molecule has 0 bridgehead atoms. The molecule has 2 rings (SSSR count). The number of hydrogen-bond acceptors (Lipinski definition) is 4. The van der Waals surface area contributed by atoms with Crippen molar-refractivity contribution >= 4 is 11.8 Å². The topological polar surface area (TPSA) is 78.9 Å². The number of nitrogens with one attached hydrogen (secondary N) is 1. The van der Waals surface area contributed by atoms with E-state index in [1.165, 1.54) is 0 Å². The van der Waals surface area contributed by atoms with E-state index in [0.29, 0.717) is 13.0 Å². The summed E-state index contributed by atoms with van der Waals surface area (Å²) in [6, 6.07) is 8.82. The number of benzene rings is 1. The van der Waals surface area contributed by atoms with Gasteiger partial charge in [0.15, 0.2) is 0 Å². The highest BCUT2D eigenvalue weighted by atomic mass is 16.7. The van der Waals surface area contributed by atoms with E-state index in [1.807, 2.05) is 30.3 Å². The van der Waals surface area contributed by atoms with Gasteiger partial charge in [-0.05, 0) is 31.7 Å². The van der Waals surface area contributed by atoms with Gasteiger partial charge < -0.3 is 10.4 Å². The number of amides is 2. The Balaban J connectivity index is 2.10.